The van der Waals surface area contributed by atoms with Gasteiger partial charge in [-0.1, -0.05) is 0 Å². The molecule has 7 nitrogen and oxygen atoms in total. The van der Waals surface area contributed by atoms with E-state index < -0.39 is 11.8 Å². The van der Waals surface area contributed by atoms with Gasteiger partial charge < -0.3 is 10.6 Å². The van der Waals surface area contributed by atoms with Crippen LogP contribution in [-0.2, 0) is 14.4 Å². The van der Waals surface area contributed by atoms with Gasteiger partial charge in [-0.2, -0.15) is 0 Å². The fourth-order valence-electron chi connectivity index (χ4n) is 1.09. The van der Waals surface area contributed by atoms with Crippen molar-refractivity contribution in [3.8, 4) is 0 Å². The van der Waals surface area contributed by atoms with Crippen LogP contribution < -0.4 is 21.9 Å². The molecular weight excluding hydrogens is 224 g/mol. The molecule has 0 atom stereocenters. The Balaban J connectivity index is 2.65. The second-order valence-corrected chi connectivity index (χ2v) is 3.19. The predicted octanol–water partition coefficient (Wildman–Crippen LogP) is -0.427. The van der Waals surface area contributed by atoms with Crippen molar-refractivity contribution in [2.24, 2.45) is 5.84 Å². The Morgan fingerprint density at radius 2 is 1.41 bits per heavy atom. The summed E-state index contributed by atoms with van der Waals surface area (Å²) < 4.78 is 0. The Morgan fingerprint density at radius 3 is 1.82 bits per heavy atom. The average Bonchev–Trinajstić information content (AvgIpc) is 2.30. The van der Waals surface area contributed by atoms with Crippen molar-refractivity contribution < 1.29 is 14.4 Å². The molecule has 0 bridgehead atoms. The highest BCUT2D eigenvalue weighted by molar-refractivity contribution is 6.39. The number of anilines is 2. The van der Waals surface area contributed by atoms with E-state index in [2.05, 4.69) is 10.6 Å². The van der Waals surface area contributed by atoms with Gasteiger partial charge in [-0.05, 0) is 24.3 Å². The lowest BCUT2D eigenvalue weighted by Crippen LogP contribution is -2.39. The molecule has 3 amide bonds. The Labute approximate surface area is 97.3 Å². The zero-order chi connectivity index (χ0) is 12.8. The summed E-state index contributed by atoms with van der Waals surface area (Å²) in [6.45, 7) is 1.39. The van der Waals surface area contributed by atoms with Gasteiger partial charge in [0, 0.05) is 18.3 Å². The van der Waals surface area contributed by atoms with Crippen molar-refractivity contribution in [3.63, 3.8) is 0 Å². The molecule has 7 heteroatoms. The van der Waals surface area contributed by atoms with Gasteiger partial charge in [0.25, 0.3) is 0 Å². The Bertz CT molecular complexity index is 441. The van der Waals surface area contributed by atoms with Crippen LogP contribution in [0.4, 0.5) is 11.4 Å². The number of nitrogens with one attached hydrogen (secondary N) is 3. The number of benzene rings is 1. The molecule has 0 aliphatic carbocycles. The molecule has 90 valence electrons. The largest absolute Gasteiger partial charge is 0.326 e. The van der Waals surface area contributed by atoms with E-state index in [1.54, 1.807) is 29.7 Å². The summed E-state index contributed by atoms with van der Waals surface area (Å²) in [4.78, 5) is 32.7. The number of hydrazine groups is 1. The number of nitrogens with two attached hydrogens (primary N) is 1. The molecular formula is C10H12N4O3. The first kappa shape index (κ1) is 12.7. The van der Waals surface area contributed by atoms with E-state index in [9.17, 15) is 14.4 Å². The van der Waals surface area contributed by atoms with E-state index in [4.69, 9.17) is 5.84 Å². The Morgan fingerprint density at radius 1 is 0.941 bits per heavy atom. The number of amides is 3. The average molecular weight is 236 g/mol. The summed E-state index contributed by atoms with van der Waals surface area (Å²) >= 11 is 0. The minimum Gasteiger partial charge on any atom is -0.326 e. The lowest BCUT2D eigenvalue weighted by molar-refractivity contribution is -0.136. The topological polar surface area (TPSA) is 113 Å². The van der Waals surface area contributed by atoms with Crippen molar-refractivity contribution >= 4 is 29.1 Å². The quantitative estimate of drug-likeness (QED) is 0.241. The van der Waals surface area contributed by atoms with Crippen LogP contribution in [0.25, 0.3) is 0 Å². The van der Waals surface area contributed by atoms with Crippen LogP contribution in [0.3, 0.4) is 0 Å². The molecule has 17 heavy (non-hydrogen) atoms. The number of rotatable bonds is 2. The van der Waals surface area contributed by atoms with E-state index in [1.807, 2.05) is 0 Å². The molecule has 0 aliphatic heterocycles. The van der Waals surface area contributed by atoms with E-state index in [0.717, 1.165) is 0 Å². The van der Waals surface area contributed by atoms with E-state index >= 15 is 0 Å². The molecule has 0 spiro atoms. The third-order valence-electron chi connectivity index (χ3n) is 1.80. The lowest BCUT2D eigenvalue weighted by Gasteiger charge is -2.05. The predicted molar refractivity (Wildman–Crippen MR) is 61.7 cm³/mol. The van der Waals surface area contributed by atoms with E-state index in [1.165, 1.54) is 6.92 Å². The highest BCUT2D eigenvalue weighted by atomic mass is 16.2. The second kappa shape index (κ2) is 5.61. The van der Waals surface area contributed by atoms with Gasteiger partial charge in [-0.25, -0.2) is 5.84 Å². The van der Waals surface area contributed by atoms with Crippen LogP contribution in [-0.4, -0.2) is 17.7 Å². The fraction of sp³-hybridized carbons (Fsp3) is 0.100. The zero-order valence-electron chi connectivity index (χ0n) is 9.11. The summed E-state index contributed by atoms with van der Waals surface area (Å²) in [6, 6.07) is 6.29. The zero-order valence-corrected chi connectivity index (χ0v) is 9.11. The third kappa shape index (κ3) is 3.92. The normalized spacial score (nSPS) is 9.29. The van der Waals surface area contributed by atoms with Crippen molar-refractivity contribution in [3.05, 3.63) is 24.3 Å². The van der Waals surface area contributed by atoms with Crippen LogP contribution in [0.5, 0.6) is 0 Å². The smallest absolute Gasteiger partial charge is 0.323 e. The molecule has 5 N–H and O–H groups in total. The summed E-state index contributed by atoms with van der Waals surface area (Å²) in [6.07, 6.45) is 0. The number of carbonyl (C=O) groups is 3. The van der Waals surface area contributed by atoms with Gasteiger partial charge in [0.05, 0.1) is 0 Å². The Kier molecular flexibility index (Phi) is 4.18. The first-order chi connectivity index (χ1) is 8.02. The maximum atomic E-state index is 11.1. The molecule has 0 aliphatic rings. The third-order valence-corrected chi connectivity index (χ3v) is 1.80. The minimum absolute atomic E-state index is 0.190. The second-order valence-electron chi connectivity index (χ2n) is 3.19. The number of hydrogen-bond donors (Lipinski definition) is 4. The number of carbonyl (C=O) groups excluding carboxylic acids is 3. The summed E-state index contributed by atoms with van der Waals surface area (Å²) in [7, 11) is 0. The summed E-state index contributed by atoms with van der Waals surface area (Å²) in [5.74, 6) is 2.81. The highest BCUT2D eigenvalue weighted by Crippen LogP contribution is 2.13. The number of hydrogen-bond acceptors (Lipinski definition) is 4. The van der Waals surface area contributed by atoms with Gasteiger partial charge in [0.15, 0.2) is 0 Å². The molecule has 1 aromatic rings. The van der Waals surface area contributed by atoms with Crippen molar-refractivity contribution in [1.29, 1.82) is 0 Å². The van der Waals surface area contributed by atoms with Crippen molar-refractivity contribution in [2.45, 2.75) is 6.92 Å². The maximum absolute atomic E-state index is 11.1. The molecule has 0 heterocycles. The first-order valence-electron chi connectivity index (χ1n) is 4.72. The molecule has 0 saturated carbocycles. The first-order valence-corrected chi connectivity index (χ1v) is 4.72. The molecule has 0 saturated heterocycles. The van der Waals surface area contributed by atoms with Crippen LogP contribution in [0.1, 0.15) is 6.92 Å². The maximum Gasteiger partial charge on any atom is 0.323 e. The van der Waals surface area contributed by atoms with Gasteiger partial charge in [0.1, 0.15) is 0 Å². The van der Waals surface area contributed by atoms with Gasteiger partial charge in [0.2, 0.25) is 5.91 Å². The molecule has 0 aromatic heterocycles. The van der Waals surface area contributed by atoms with Crippen molar-refractivity contribution in [1.82, 2.24) is 5.43 Å². The lowest BCUT2D eigenvalue weighted by atomic mass is 10.2. The Hall–Kier alpha value is -2.41. The van der Waals surface area contributed by atoms with Crippen LogP contribution in [0.2, 0.25) is 0 Å². The van der Waals surface area contributed by atoms with Gasteiger partial charge >= 0.3 is 11.8 Å². The van der Waals surface area contributed by atoms with Crippen LogP contribution in [0.15, 0.2) is 24.3 Å². The summed E-state index contributed by atoms with van der Waals surface area (Å²) in [5.41, 5.74) is 2.73. The molecule has 0 unspecified atom stereocenters. The monoisotopic (exact) mass is 236 g/mol. The van der Waals surface area contributed by atoms with Crippen LogP contribution in [0, 0.1) is 0 Å². The summed E-state index contributed by atoms with van der Waals surface area (Å²) in [5, 5.41) is 4.90. The minimum atomic E-state index is -0.934. The molecule has 0 radical (unpaired) electrons. The van der Waals surface area contributed by atoms with Gasteiger partial charge in [-0.3, -0.25) is 19.8 Å². The molecule has 1 rings (SSSR count). The fourth-order valence-corrected chi connectivity index (χ4v) is 1.09. The van der Waals surface area contributed by atoms with Crippen molar-refractivity contribution in [2.75, 3.05) is 10.6 Å². The SMILES string of the molecule is CC(=O)Nc1ccc(NC(=O)C(=O)NN)cc1. The highest BCUT2D eigenvalue weighted by Gasteiger charge is 2.11. The molecule has 0 fully saturated rings. The standard InChI is InChI=1S/C10H12N4O3/c1-6(15)12-7-2-4-8(5-3-7)13-9(16)10(17)14-11/h2-5H,11H2,1H3,(H,12,15)(H,13,16)(H,14,17). The van der Waals surface area contributed by atoms with E-state index in [0.29, 0.717) is 11.4 Å². The van der Waals surface area contributed by atoms with E-state index in [-0.39, 0.29) is 5.91 Å². The molecule has 1 aromatic carbocycles. The van der Waals surface area contributed by atoms with Gasteiger partial charge in [-0.15, -0.1) is 0 Å². The van der Waals surface area contributed by atoms with Crippen LogP contribution >= 0.6 is 0 Å².